The molecule has 0 radical (unpaired) electrons. The van der Waals surface area contributed by atoms with E-state index in [2.05, 4.69) is 25.1 Å². The van der Waals surface area contributed by atoms with Gasteiger partial charge in [-0.3, -0.25) is 4.90 Å². The van der Waals surface area contributed by atoms with Crippen LogP contribution in [0.25, 0.3) is 28.3 Å². The summed E-state index contributed by atoms with van der Waals surface area (Å²) in [4.78, 5) is 13.0. The summed E-state index contributed by atoms with van der Waals surface area (Å²) in [5.41, 5.74) is 7.31. The first-order valence-corrected chi connectivity index (χ1v) is 12.0. The first-order chi connectivity index (χ1) is 17.9. The number of fused-ring (bicyclic) bond motifs is 3. The summed E-state index contributed by atoms with van der Waals surface area (Å²) in [6.45, 7) is 4.83. The van der Waals surface area contributed by atoms with E-state index in [1.54, 1.807) is 34.2 Å². The molecular formula is C24H25F2N9O2. The zero-order valence-electron chi connectivity index (χ0n) is 20.1. The molecule has 1 aromatic carbocycles. The van der Waals surface area contributed by atoms with Crippen LogP contribution in [0.3, 0.4) is 0 Å². The van der Waals surface area contributed by atoms with Gasteiger partial charge in [0.15, 0.2) is 22.9 Å². The number of hydrogen-bond acceptors (Lipinski definition) is 9. The summed E-state index contributed by atoms with van der Waals surface area (Å²) in [7, 11) is 0. The number of benzene rings is 1. The molecule has 3 N–H and O–H groups in total. The Bertz CT molecular complexity index is 1570. The summed E-state index contributed by atoms with van der Waals surface area (Å²) in [6.07, 6.45) is 2.23. The molecule has 1 fully saturated rings. The van der Waals surface area contributed by atoms with Gasteiger partial charge in [0.05, 0.1) is 30.5 Å². The van der Waals surface area contributed by atoms with Crippen LogP contribution in [0.5, 0.6) is 0 Å². The Kier molecular flexibility index (Phi) is 5.72. The maximum absolute atomic E-state index is 14.9. The van der Waals surface area contributed by atoms with Gasteiger partial charge in [0.25, 0.3) is 0 Å². The van der Waals surface area contributed by atoms with Gasteiger partial charge in [-0.05, 0) is 25.1 Å². The zero-order valence-corrected chi connectivity index (χ0v) is 20.1. The van der Waals surface area contributed by atoms with Crippen molar-refractivity contribution >= 4 is 28.3 Å². The van der Waals surface area contributed by atoms with Crippen LogP contribution < -0.4 is 10.6 Å². The SMILES string of the molecule is CC(O)c1ccc(F)c(N2CCN(CCn3ncc4c3nc(N)n3nc(-c5ccco5)nc43)CC2)c1F. The topological polar surface area (TPSA) is 127 Å². The van der Waals surface area contributed by atoms with Gasteiger partial charge in [-0.2, -0.15) is 14.6 Å². The Hall–Kier alpha value is -4.10. The second-order valence-corrected chi connectivity index (χ2v) is 9.03. The molecule has 0 aliphatic carbocycles. The molecule has 5 aromatic rings. The van der Waals surface area contributed by atoms with Crippen LogP contribution in [0.4, 0.5) is 20.4 Å². The molecule has 1 saturated heterocycles. The highest BCUT2D eigenvalue weighted by atomic mass is 19.1. The van der Waals surface area contributed by atoms with E-state index < -0.39 is 17.7 Å². The van der Waals surface area contributed by atoms with Gasteiger partial charge in [0.2, 0.25) is 11.8 Å². The molecule has 11 nitrogen and oxygen atoms in total. The zero-order chi connectivity index (χ0) is 25.7. The summed E-state index contributed by atoms with van der Waals surface area (Å²) in [6, 6.07) is 6.02. The Morgan fingerprint density at radius 1 is 1.08 bits per heavy atom. The van der Waals surface area contributed by atoms with Crippen LogP contribution in [-0.2, 0) is 6.54 Å². The molecule has 5 heterocycles. The van der Waals surface area contributed by atoms with E-state index in [1.807, 2.05) is 0 Å². The summed E-state index contributed by atoms with van der Waals surface area (Å²) in [5, 5.41) is 19.4. The quantitative estimate of drug-likeness (QED) is 0.355. The molecular weight excluding hydrogens is 484 g/mol. The lowest BCUT2D eigenvalue weighted by molar-refractivity contribution is 0.194. The predicted molar refractivity (Wildman–Crippen MR) is 132 cm³/mol. The van der Waals surface area contributed by atoms with Gasteiger partial charge >= 0.3 is 0 Å². The van der Waals surface area contributed by atoms with Crippen molar-refractivity contribution in [2.75, 3.05) is 43.4 Å². The Morgan fingerprint density at radius 3 is 2.62 bits per heavy atom. The highest BCUT2D eigenvalue weighted by Crippen LogP contribution is 2.30. The maximum atomic E-state index is 14.9. The Morgan fingerprint density at radius 2 is 1.89 bits per heavy atom. The number of furan rings is 1. The fourth-order valence-electron chi connectivity index (χ4n) is 4.73. The molecule has 0 saturated carbocycles. The van der Waals surface area contributed by atoms with Gasteiger partial charge in [0, 0.05) is 38.3 Å². The molecule has 1 unspecified atom stereocenters. The number of nitrogens with zero attached hydrogens (tertiary/aromatic N) is 8. The molecule has 13 heteroatoms. The second kappa shape index (κ2) is 9.09. The fraction of sp³-hybridized carbons (Fsp3) is 0.333. The summed E-state index contributed by atoms with van der Waals surface area (Å²) < 4.78 is 38.0. The van der Waals surface area contributed by atoms with Crippen molar-refractivity contribution in [3.05, 3.63) is 53.9 Å². The number of nitrogen functional groups attached to an aromatic ring is 1. The smallest absolute Gasteiger partial charge is 0.225 e. The first-order valence-electron chi connectivity index (χ1n) is 12.0. The molecule has 0 amide bonds. The monoisotopic (exact) mass is 509 g/mol. The van der Waals surface area contributed by atoms with E-state index in [0.717, 1.165) is 0 Å². The van der Waals surface area contributed by atoms with Gasteiger partial charge in [0.1, 0.15) is 11.5 Å². The molecule has 1 atom stereocenters. The fourth-order valence-corrected chi connectivity index (χ4v) is 4.73. The highest BCUT2D eigenvalue weighted by Gasteiger charge is 2.25. The minimum absolute atomic E-state index is 0.0814. The molecule has 37 heavy (non-hydrogen) atoms. The number of piperazine rings is 1. The Balaban J connectivity index is 1.16. The van der Waals surface area contributed by atoms with Crippen molar-refractivity contribution in [3.8, 4) is 11.6 Å². The molecule has 1 aliphatic rings. The van der Waals surface area contributed by atoms with Crippen molar-refractivity contribution in [1.29, 1.82) is 0 Å². The number of anilines is 2. The van der Waals surface area contributed by atoms with Crippen LogP contribution >= 0.6 is 0 Å². The number of aromatic nitrogens is 6. The first kappa shape index (κ1) is 23.3. The number of rotatable bonds is 6. The van der Waals surface area contributed by atoms with E-state index in [0.29, 0.717) is 67.5 Å². The van der Waals surface area contributed by atoms with Crippen molar-refractivity contribution in [3.63, 3.8) is 0 Å². The standard InChI is InChI=1S/C24H25F2N9O2/c1-14(36)15-4-5-17(25)20(19(15)26)33-9-6-32(7-10-33)8-11-34-22-16(13-28-34)23-29-21(18-3-2-12-37-18)31-35(23)24(27)30-22/h2-5,12-14,36H,6-11H2,1H3,(H2,27,30). The van der Waals surface area contributed by atoms with Crippen molar-refractivity contribution in [1.82, 2.24) is 34.3 Å². The van der Waals surface area contributed by atoms with Gasteiger partial charge in [-0.1, -0.05) is 6.07 Å². The molecule has 6 rings (SSSR count). The normalized spacial score (nSPS) is 15.7. The highest BCUT2D eigenvalue weighted by molar-refractivity contribution is 5.90. The average Bonchev–Trinajstić information content (AvgIpc) is 3.63. The van der Waals surface area contributed by atoms with E-state index >= 15 is 0 Å². The largest absolute Gasteiger partial charge is 0.461 e. The van der Waals surface area contributed by atoms with Crippen molar-refractivity contribution in [2.24, 2.45) is 0 Å². The van der Waals surface area contributed by atoms with Crippen molar-refractivity contribution < 1.29 is 18.3 Å². The van der Waals surface area contributed by atoms with E-state index in [4.69, 9.17) is 10.2 Å². The average molecular weight is 510 g/mol. The van der Waals surface area contributed by atoms with Crippen LogP contribution in [-0.4, -0.2) is 72.1 Å². The molecule has 0 bridgehead atoms. The molecule has 4 aromatic heterocycles. The van der Waals surface area contributed by atoms with E-state index in [9.17, 15) is 13.9 Å². The maximum Gasteiger partial charge on any atom is 0.225 e. The van der Waals surface area contributed by atoms with Crippen LogP contribution in [0.15, 0.2) is 41.1 Å². The van der Waals surface area contributed by atoms with E-state index in [1.165, 1.54) is 23.6 Å². The number of hydrogen-bond donors (Lipinski definition) is 2. The summed E-state index contributed by atoms with van der Waals surface area (Å²) >= 11 is 0. The van der Waals surface area contributed by atoms with Crippen molar-refractivity contribution in [2.45, 2.75) is 19.6 Å². The third kappa shape index (κ3) is 4.05. The number of nitrogens with two attached hydrogens (primary N) is 1. The number of aliphatic hydroxyl groups is 1. The van der Waals surface area contributed by atoms with Gasteiger partial charge < -0.3 is 20.2 Å². The van der Waals surface area contributed by atoms with Crippen LogP contribution in [0.2, 0.25) is 0 Å². The lowest BCUT2D eigenvalue weighted by atomic mass is 10.1. The number of halogens is 2. The molecule has 192 valence electrons. The van der Waals surface area contributed by atoms with Gasteiger partial charge in [-0.25, -0.2) is 18.4 Å². The van der Waals surface area contributed by atoms with Crippen LogP contribution in [0, 0.1) is 11.6 Å². The van der Waals surface area contributed by atoms with E-state index in [-0.39, 0.29) is 17.2 Å². The third-order valence-corrected chi connectivity index (χ3v) is 6.70. The molecule has 1 aliphatic heterocycles. The Labute approximate surface area is 209 Å². The number of aliphatic hydroxyl groups excluding tert-OH is 1. The second-order valence-electron chi connectivity index (χ2n) is 9.03. The van der Waals surface area contributed by atoms with Gasteiger partial charge in [-0.15, -0.1) is 5.10 Å². The summed E-state index contributed by atoms with van der Waals surface area (Å²) in [5.74, 6) is -0.211. The minimum atomic E-state index is -1.01. The van der Waals surface area contributed by atoms with Crippen LogP contribution in [0.1, 0.15) is 18.6 Å². The third-order valence-electron chi connectivity index (χ3n) is 6.70. The lowest BCUT2D eigenvalue weighted by Gasteiger charge is -2.36. The lowest BCUT2D eigenvalue weighted by Crippen LogP contribution is -2.48. The predicted octanol–water partition coefficient (Wildman–Crippen LogP) is 2.47. The minimum Gasteiger partial charge on any atom is -0.461 e. The molecule has 0 spiro atoms.